The smallest absolute Gasteiger partial charge is 0.321 e. The summed E-state index contributed by atoms with van der Waals surface area (Å²) in [5.74, 6) is 0.405. The van der Waals surface area contributed by atoms with E-state index in [0.29, 0.717) is 5.92 Å². The molecule has 1 aliphatic rings. The Morgan fingerprint density at radius 1 is 1.29 bits per heavy atom. The second kappa shape index (κ2) is 7.26. The van der Waals surface area contributed by atoms with Gasteiger partial charge in [-0.05, 0) is 62.1 Å². The van der Waals surface area contributed by atoms with E-state index in [4.69, 9.17) is 0 Å². The number of hydrogen-bond donors (Lipinski definition) is 2. The molecule has 0 radical (unpaired) electrons. The number of aliphatic hydroxyl groups is 1. The third-order valence-electron chi connectivity index (χ3n) is 5.31. The first-order valence-corrected chi connectivity index (χ1v) is 8.86. The van der Waals surface area contributed by atoms with E-state index < -0.39 is 0 Å². The predicted octanol–water partition coefficient (Wildman–Crippen LogP) is 3.68. The van der Waals surface area contributed by atoms with Gasteiger partial charge in [-0.2, -0.15) is 0 Å². The highest BCUT2D eigenvalue weighted by Gasteiger charge is 2.26. The summed E-state index contributed by atoms with van der Waals surface area (Å²) in [5.41, 5.74) is 1.97. The second-order valence-corrected chi connectivity index (χ2v) is 6.77. The predicted molar refractivity (Wildman–Crippen MR) is 97.2 cm³/mol. The summed E-state index contributed by atoms with van der Waals surface area (Å²) in [6, 6.07) is 8.33. The normalized spacial score (nSPS) is 21.0. The molecule has 1 heterocycles. The van der Waals surface area contributed by atoms with Gasteiger partial charge >= 0.3 is 6.03 Å². The molecule has 2 aromatic rings. The summed E-state index contributed by atoms with van der Waals surface area (Å²) in [4.78, 5) is 14.4. The molecule has 5 heteroatoms. The zero-order valence-electron chi connectivity index (χ0n) is 14.5. The minimum atomic E-state index is -0.0589. The van der Waals surface area contributed by atoms with Gasteiger partial charge in [-0.1, -0.05) is 6.07 Å². The molecular weight excluding hydrogens is 302 g/mol. The quantitative estimate of drug-likeness (QED) is 0.899. The number of nitrogens with zero attached hydrogens (tertiary/aromatic N) is 2. The molecule has 0 saturated heterocycles. The van der Waals surface area contributed by atoms with Crippen molar-refractivity contribution in [3.05, 3.63) is 30.5 Å². The average molecular weight is 329 g/mol. The largest absolute Gasteiger partial charge is 0.396 e. The van der Waals surface area contributed by atoms with E-state index in [1.165, 1.54) is 5.39 Å². The van der Waals surface area contributed by atoms with Gasteiger partial charge in [0, 0.05) is 38.1 Å². The number of aliphatic hydroxyl groups excluding tert-OH is 1. The Morgan fingerprint density at radius 2 is 2.04 bits per heavy atom. The van der Waals surface area contributed by atoms with Gasteiger partial charge in [0.15, 0.2) is 0 Å². The number of nitrogens with one attached hydrogen (secondary N) is 1. The number of fused-ring (bicyclic) bond motifs is 1. The fourth-order valence-corrected chi connectivity index (χ4v) is 3.63. The van der Waals surface area contributed by atoms with Gasteiger partial charge in [0.05, 0.1) is 5.52 Å². The van der Waals surface area contributed by atoms with Crippen LogP contribution in [0.2, 0.25) is 0 Å². The van der Waals surface area contributed by atoms with E-state index in [2.05, 4.69) is 29.1 Å². The lowest BCUT2D eigenvalue weighted by Crippen LogP contribution is -2.42. The lowest BCUT2D eigenvalue weighted by Gasteiger charge is -2.34. The number of anilines is 1. The van der Waals surface area contributed by atoms with Crippen molar-refractivity contribution in [3.63, 3.8) is 0 Å². The number of rotatable bonds is 4. The molecule has 1 fully saturated rings. The molecule has 1 saturated carbocycles. The minimum Gasteiger partial charge on any atom is -0.396 e. The first-order valence-electron chi connectivity index (χ1n) is 8.86. The van der Waals surface area contributed by atoms with Gasteiger partial charge < -0.3 is 19.9 Å². The number of carbonyl (C=O) groups excluding carboxylic acids is 1. The fourth-order valence-electron chi connectivity index (χ4n) is 3.63. The summed E-state index contributed by atoms with van der Waals surface area (Å²) in [6.45, 7) is 3.29. The number of aryl methyl sites for hydroxylation is 1. The van der Waals surface area contributed by atoms with Crippen molar-refractivity contribution in [1.82, 2.24) is 9.47 Å². The highest BCUT2D eigenvalue weighted by molar-refractivity contribution is 5.92. The van der Waals surface area contributed by atoms with Crippen LogP contribution in [0.3, 0.4) is 0 Å². The van der Waals surface area contributed by atoms with Crippen molar-refractivity contribution >= 4 is 22.6 Å². The van der Waals surface area contributed by atoms with E-state index in [1.54, 1.807) is 0 Å². The van der Waals surface area contributed by atoms with E-state index in [0.717, 1.165) is 43.4 Å². The number of urea groups is 1. The van der Waals surface area contributed by atoms with Crippen molar-refractivity contribution < 1.29 is 9.90 Å². The van der Waals surface area contributed by atoms with Gasteiger partial charge in [-0.15, -0.1) is 0 Å². The Bertz CT molecular complexity index is 702. The minimum absolute atomic E-state index is 0.0589. The highest BCUT2D eigenvalue weighted by Crippen LogP contribution is 2.27. The molecule has 0 bridgehead atoms. The zero-order chi connectivity index (χ0) is 17.1. The lowest BCUT2D eigenvalue weighted by atomic mass is 9.86. The summed E-state index contributed by atoms with van der Waals surface area (Å²) in [5, 5.41) is 13.4. The van der Waals surface area contributed by atoms with Gasteiger partial charge in [0.2, 0.25) is 0 Å². The Morgan fingerprint density at radius 3 is 2.71 bits per heavy atom. The van der Waals surface area contributed by atoms with Crippen molar-refractivity contribution in [1.29, 1.82) is 0 Å². The number of benzene rings is 1. The molecule has 1 aromatic carbocycles. The topological polar surface area (TPSA) is 57.5 Å². The molecule has 0 unspecified atom stereocenters. The summed E-state index contributed by atoms with van der Waals surface area (Å²) >= 11 is 0. The number of carbonyl (C=O) groups is 1. The van der Waals surface area contributed by atoms with Gasteiger partial charge in [-0.25, -0.2) is 4.79 Å². The molecule has 1 aliphatic carbocycles. The molecule has 0 atom stereocenters. The van der Waals surface area contributed by atoms with Gasteiger partial charge in [-0.3, -0.25) is 0 Å². The third-order valence-corrected chi connectivity index (χ3v) is 5.31. The molecular formula is C19H27N3O2. The first-order chi connectivity index (χ1) is 11.6. The highest BCUT2D eigenvalue weighted by atomic mass is 16.3. The molecule has 130 valence electrons. The van der Waals surface area contributed by atoms with Crippen LogP contribution in [-0.4, -0.2) is 40.3 Å². The zero-order valence-corrected chi connectivity index (χ0v) is 14.5. The lowest BCUT2D eigenvalue weighted by molar-refractivity contribution is 0.139. The monoisotopic (exact) mass is 329 g/mol. The average Bonchev–Trinajstić information content (AvgIpc) is 3.03. The van der Waals surface area contributed by atoms with Crippen molar-refractivity contribution in [2.75, 3.05) is 19.0 Å². The van der Waals surface area contributed by atoms with Crippen LogP contribution < -0.4 is 5.32 Å². The van der Waals surface area contributed by atoms with Crippen molar-refractivity contribution in [2.24, 2.45) is 5.92 Å². The maximum Gasteiger partial charge on any atom is 0.321 e. The Labute approximate surface area is 143 Å². The van der Waals surface area contributed by atoms with E-state index in [9.17, 15) is 9.90 Å². The first kappa shape index (κ1) is 16.8. The molecule has 24 heavy (non-hydrogen) atoms. The van der Waals surface area contributed by atoms with Crippen LogP contribution in [0.25, 0.3) is 10.9 Å². The Hall–Kier alpha value is -2.01. The summed E-state index contributed by atoms with van der Waals surface area (Å²) in [6.07, 6.45) is 5.99. The van der Waals surface area contributed by atoms with Crippen LogP contribution in [0.5, 0.6) is 0 Å². The van der Waals surface area contributed by atoms with Crippen LogP contribution >= 0.6 is 0 Å². The molecule has 3 rings (SSSR count). The van der Waals surface area contributed by atoms with Gasteiger partial charge in [0.25, 0.3) is 0 Å². The molecule has 1 aromatic heterocycles. The Balaban J connectivity index is 1.65. The van der Waals surface area contributed by atoms with Gasteiger partial charge in [0.1, 0.15) is 0 Å². The fraction of sp³-hybridized carbons (Fsp3) is 0.526. The van der Waals surface area contributed by atoms with Crippen LogP contribution in [-0.2, 0) is 6.54 Å². The maximum atomic E-state index is 12.6. The molecule has 0 aliphatic heterocycles. The van der Waals surface area contributed by atoms with Crippen molar-refractivity contribution in [2.45, 2.75) is 45.2 Å². The van der Waals surface area contributed by atoms with E-state index in [-0.39, 0.29) is 18.7 Å². The second-order valence-electron chi connectivity index (χ2n) is 6.77. The van der Waals surface area contributed by atoms with Crippen molar-refractivity contribution in [3.8, 4) is 0 Å². The maximum absolute atomic E-state index is 12.6. The van der Waals surface area contributed by atoms with Crippen LogP contribution in [0, 0.1) is 5.92 Å². The number of aromatic nitrogens is 1. The van der Waals surface area contributed by atoms with Crippen LogP contribution in [0.15, 0.2) is 30.5 Å². The molecule has 0 spiro atoms. The molecule has 5 nitrogen and oxygen atoms in total. The van der Waals surface area contributed by atoms with Crippen LogP contribution in [0.4, 0.5) is 10.5 Å². The molecule has 2 N–H and O–H groups in total. The standard InChI is InChI=1S/C19H27N3O2/c1-3-22-11-10-15-6-7-16(12-18(15)22)20-19(24)21(2)17-8-4-14(13-23)5-9-17/h6-7,10-12,14,17,23H,3-5,8-9,13H2,1-2H3,(H,20,24). The SMILES string of the molecule is CCn1ccc2ccc(NC(=O)N(C)C3CCC(CO)CC3)cc21. The Kier molecular flexibility index (Phi) is 5.09. The molecule has 2 amide bonds. The number of hydrogen-bond acceptors (Lipinski definition) is 2. The van der Waals surface area contributed by atoms with Crippen LogP contribution in [0.1, 0.15) is 32.6 Å². The number of amides is 2. The third kappa shape index (κ3) is 3.41. The van der Waals surface area contributed by atoms with E-state index >= 15 is 0 Å². The van der Waals surface area contributed by atoms with E-state index in [1.807, 2.05) is 30.1 Å². The summed E-state index contributed by atoms with van der Waals surface area (Å²) < 4.78 is 2.17. The summed E-state index contributed by atoms with van der Waals surface area (Å²) in [7, 11) is 1.87.